The Morgan fingerprint density at radius 3 is 2.60 bits per heavy atom. The normalized spacial score (nSPS) is 12.0. The number of aromatic nitrogens is 5. The van der Waals surface area contributed by atoms with Gasteiger partial charge in [0.25, 0.3) is 0 Å². The summed E-state index contributed by atoms with van der Waals surface area (Å²) in [5.74, 6) is -0.680. The second kappa shape index (κ2) is 11.6. The molecule has 0 spiro atoms. The summed E-state index contributed by atoms with van der Waals surface area (Å²) in [7, 11) is 4.09. The summed E-state index contributed by atoms with van der Waals surface area (Å²) in [6.07, 6.45) is 5.31. The van der Waals surface area contributed by atoms with Gasteiger partial charge in [0.15, 0.2) is 0 Å². The first-order valence-electron chi connectivity index (χ1n) is 13.6. The van der Waals surface area contributed by atoms with Crippen molar-refractivity contribution in [3.8, 4) is 22.5 Å². The van der Waals surface area contributed by atoms with Crippen LogP contribution in [0.2, 0.25) is 0 Å². The Labute approximate surface area is 243 Å². The maximum absolute atomic E-state index is 12.6. The molecule has 9 heteroatoms. The standard InChI is InChI=1S/C33H30N8O/c1-40(2)21-22-9-7-12-25(19-22)37-33-36-17-15-27(38-33)30-28-14-4-6-18-41(28)39-31(30)24-11-8-10-23(20-24)29(32(34)42)26-13-3-5-16-35-26/h3-20,29H,21H2,1-2H3,(H2,34,42)(H,36,37,38). The quantitative estimate of drug-likeness (QED) is 0.250. The number of carbonyl (C=O) groups excluding carboxylic acids is 1. The predicted octanol–water partition coefficient (Wildman–Crippen LogP) is 5.28. The van der Waals surface area contributed by atoms with Gasteiger partial charge >= 0.3 is 0 Å². The number of primary amides is 1. The summed E-state index contributed by atoms with van der Waals surface area (Å²) in [5.41, 5.74) is 13.3. The van der Waals surface area contributed by atoms with Gasteiger partial charge in [-0.3, -0.25) is 9.78 Å². The number of fused-ring (bicyclic) bond motifs is 1. The molecule has 1 amide bonds. The SMILES string of the molecule is CN(C)Cc1cccc(Nc2nccc(-c3c(-c4cccc(C(C(N)=O)c5ccccn5)c4)nn4ccccc34)n2)c1. The molecule has 4 heterocycles. The molecule has 42 heavy (non-hydrogen) atoms. The van der Waals surface area contributed by atoms with E-state index in [1.165, 1.54) is 5.56 Å². The second-order valence-corrected chi connectivity index (χ2v) is 10.3. The van der Waals surface area contributed by atoms with Crippen molar-refractivity contribution in [2.45, 2.75) is 12.5 Å². The number of pyridine rings is 2. The Kier molecular flexibility index (Phi) is 7.40. The smallest absolute Gasteiger partial charge is 0.231 e. The summed E-state index contributed by atoms with van der Waals surface area (Å²) in [5, 5.41) is 8.29. The highest BCUT2D eigenvalue weighted by molar-refractivity contribution is 5.92. The van der Waals surface area contributed by atoms with Crippen LogP contribution in [0.4, 0.5) is 11.6 Å². The van der Waals surface area contributed by atoms with Crippen LogP contribution in [0.5, 0.6) is 0 Å². The third kappa shape index (κ3) is 5.59. The zero-order chi connectivity index (χ0) is 29.1. The van der Waals surface area contributed by atoms with Crippen LogP contribution < -0.4 is 11.1 Å². The molecule has 0 saturated heterocycles. The summed E-state index contributed by atoms with van der Waals surface area (Å²) in [4.78, 5) is 28.5. The molecule has 1 atom stereocenters. The van der Waals surface area contributed by atoms with E-state index in [-0.39, 0.29) is 0 Å². The van der Waals surface area contributed by atoms with Gasteiger partial charge < -0.3 is 16.0 Å². The molecule has 6 aromatic rings. The van der Waals surface area contributed by atoms with Gasteiger partial charge in [-0.1, -0.05) is 42.5 Å². The number of rotatable bonds is 9. The lowest BCUT2D eigenvalue weighted by Crippen LogP contribution is -2.23. The van der Waals surface area contributed by atoms with Crippen molar-refractivity contribution in [3.05, 3.63) is 126 Å². The number of hydrogen-bond donors (Lipinski definition) is 2. The van der Waals surface area contributed by atoms with E-state index in [1.54, 1.807) is 12.4 Å². The highest BCUT2D eigenvalue weighted by Gasteiger charge is 2.24. The van der Waals surface area contributed by atoms with E-state index in [9.17, 15) is 4.79 Å². The van der Waals surface area contributed by atoms with Gasteiger partial charge in [-0.05, 0) is 73.8 Å². The average Bonchev–Trinajstić information content (AvgIpc) is 3.38. The fourth-order valence-corrected chi connectivity index (χ4v) is 5.15. The van der Waals surface area contributed by atoms with Crippen molar-refractivity contribution >= 4 is 23.1 Å². The van der Waals surface area contributed by atoms with E-state index in [0.717, 1.165) is 45.8 Å². The predicted molar refractivity (Wildman–Crippen MR) is 164 cm³/mol. The molecule has 0 saturated carbocycles. The Hall–Kier alpha value is -5.41. The first-order chi connectivity index (χ1) is 20.5. The molecule has 3 N–H and O–H groups in total. The topological polar surface area (TPSA) is 114 Å². The van der Waals surface area contributed by atoms with Crippen molar-refractivity contribution in [2.75, 3.05) is 19.4 Å². The highest BCUT2D eigenvalue weighted by Crippen LogP contribution is 2.36. The molecule has 1 unspecified atom stereocenters. The van der Waals surface area contributed by atoms with Crippen LogP contribution in [-0.4, -0.2) is 49.5 Å². The second-order valence-electron chi connectivity index (χ2n) is 10.3. The van der Waals surface area contributed by atoms with Gasteiger partial charge in [0.2, 0.25) is 11.9 Å². The van der Waals surface area contributed by atoms with E-state index < -0.39 is 11.8 Å². The number of nitrogens with one attached hydrogen (secondary N) is 1. The van der Waals surface area contributed by atoms with E-state index in [4.69, 9.17) is 15.8 Å². The molecular formula is C33H30N8O. The fraction of sp³-hybridized carbons (Fsp3) is 0.121. The number of amides is 1. The first-order valence-corrected chi connectivity index (χ1v) is 13.6. The van der Waals surface area contributed by atoms with Crippen LogP contribution in [0.25, 0.3) is 28.0 Å². The van der Waals surface area contributed by atoms with E-state index in [1.807, 2.05) is 104 Å². The summed E-state index contributed by atoms with van der Waals surface area (Å²) in [6, 6.07) is 29.2. The van der Waals surface area contributed by atoms with Gasteiger partial charge in [0.05, 0.1) is 22.5 Å². The molecule has 0 aliphatic heterocycles. The summed E-state index contributed by atoms with van der Waals surface area (Å²) in [6.45, 7) is 0.832. The minimum absolute atomic E-state index is 0.470. The lowest BCUT2D eigenvalue weighted by atomic mass is 9.92. The van der Waals surface area contributed by atoms with Crippen molar-refractivity contribution in [1.82, 2.24) is 29.5 Å². The minimum Gasteiger partial charge on any atom is -0.369 e. The van der Waals surface area contributed by atoms with Crippen molar-refractivity contribution in [2.24, 2.45) is 5.73 Å². The molecule has 0 aliphatic rings. The molecule has 208 valence electrons. The number of carbonyl (C=O) groups is 1. The molecule has 4 aromatic heterocycles. The molecule has 0 radical (unpaired) electrons. The Morgan fingerprint density at radius 1 is 0.929 bits per heavy atom. The summed E-state index contributed by atoms with van der Waals surface area (Å²) >= 11 is 0. The van der Waals surface area contributed by atoms with Crippen molar-refractivity contribution < 1.29 is 4.79 Å². The number of hydrogen-bond acceptors (Lipinski definition) is 7. The zero-order valence-electron chi connectivity index (χ0n) is 23.3. The lowest BCUT2D eigenvalue weighted by molar-refractivity contribution is -0.118. The monoisotopic (exact) mass is 554 g/mol. The van der Waals surface area contributed by atoms with Crippen LogP contribution in [0.1, 0.15) is 22.7 Å². The number of anilines is 2. The molecule has 9 nitrogen and oxygen atoms in total. The van der Waals surface area contributed by atoms with Gasteiger partial charge in [0.1, 0.15) is 11.6 Å². The molecule has 6 rings (SSSR count). The summed E-state index contributed by atoms with van der Waals surface area (Å²) < 4.78 is 1.83. The Bertz CT molecular complexity index is 1870. The molecule has 0 fully saturated rings. The first kappa shape index (κ1) is 26.8. The lowest BCUT2D eigenvalue weighted by Gasteiger charge is -2.14. The maximum atomic E-state index is 12.6. The zero-order valence-corrected chi connectivity index (χ0v) is 23.3. The largest absolute Gasteiger partial charge is 0.369 e. The Morgan fingerprint density at radius 2 is 1.79 bits per heavy atom. The molecule has 0 bridgehead atoms. The van der Waals surface area contributed by atoms with Gasteiger partial charge in [-0.2, -0.15) is 5.10 Å². The van der Waals surface area contributed by atoms with Crippen LogP contribution in [0.15, 0.2) is 110 Å². The van der Waals surface area contributed by atoms with Crippen LogP contribution in [0.3, 0.4) is 0 Å². The minimum atomic E-state index is -0.690. The van der Waals surface area contributed by atoms with Crippen molar-refractivity contribution in [3.63, 3.8) is 0 Å². The van der Waals surface area contributed by atoms with Crippen LogP contribution >= 0.6 is 0 Å². The van der Waals surface area contributed by atoms with E-state index in [0.29, 0.717) is 11.6 Å². The fourth-order valence-electron chi connectivity index (χ4n) is 5.15. The van der Waals surface area contributed by atoms with E-state index in [2.05, 4.69) is 32.3 Å². The highest BCUT2D eigenvalue weighted by atomic mass is 16.1. The third-order valence-corrected chi connectivity index (χ3v) is 6.90. The van der Waals surface area contributed by atoms with Gasteiger partial charge in [-0.25, -0.2) is 14.5 Å². The van der Waals surface area contributed by atoms with E-state index >= 15 is 0 Å². The molecule has 0 aliphatic carbocycles. The third-order valence-electron chi connectivity index (χ3n) is 6.90. The number of nitrogens with two attached hydrogens (primary N) is 1. The average molecular weight is 555 g/mol. The van der Waals surface area contributed by atoms with Crippen LogP contribution in [-0.2, 0) is 11.3 Å². The number of nitrogens with zero attached hydrogens (tertiary/aromatic N) is 6. The van der Waals surface area contributed by atoms with Crippen molar-refractivity contribution in [1.29, 1.82) is 0 Å². The molecular weight excluding hydrogens is 524 g/mol. The Balaban J connectivity index is 1.42. The maximum Gasteiger partial charge on any atom is 0.231 e. The molecule has 2 aromatic carbocycles. The number of benzene rings is 2. The van der Waals surface area contributed by atoms with Gasteiger partial charge in [0, 0.05) is 36.4 Å². The van der Waals surface area contributed by atoms with Gasteiger partial charge in [-0.15, -0.1) is 0 Å². The van der Waals surface area contributed by atoms with Crippen LogP contribution in [0, 0.1) is 0 Å².